The first-order valence-corrected chi connectivity index (χ1v) is 4.57. The van der Waals surface area contributed by atoms with Crippen LogP contribution in [-0.2, 0) is 4.79 Å². The zero-order valence-corrected chi connectivity index (χ0v) is 8.93. The van der Waals surface area contributed by atoms with E-state index < -0.39 is 17.4 Å². The van der Waals surface area contributed by atoms with Crippen LogP contribution in [0.25, 0.3) is 0 Å². The Kier molecular flexibility index (Phi) is 2.66. The molecule has 0 bridgehead atoms. The van der Waals surface area contributed by atoms with E-state index in [1.165, 1.54) is 12.1 Å². The van der Waals surface area contributed by atoms with Crippen LogP contribution in [0.2, 0.25) is 0 Å². The van der Waals surface area contributed by atoms with E-state index in [-0.39, 0.29) is 11.8 Å². The molecule has 84 valence electrons. The summed E-state index contributed by atoms with van der Waals surface area (Å²) in [5, 5.41) is 28.0. The Balaban J connectivity index is 3.28. The van der Waals surface area contributed by atoms with Crippen LogP contribution in [0.5, 0.6) is 11.8 Å². The van der Waals surface area contributed by atoms with Gasteiger partial charge in [-0.25, -0.2) is 4.79 Å². The van der Waals surface area contributed by atoms with Gasteiger partial charge in [0, 0.05) is 12.1 Å². The van der Waals surface area contributed by atoms with Crippen molar-refractivity contribution in [3.8, 4) is 11.8 Å². The van der Waals surface area contributed by atoms with Gasteiger partial charge in [-0.2, -0.15) is 0 Å². The summed E-state index contributed by atoms with van der Waals surface area (Å²) in [6.07, 6.45) is 0. The average molecular weight is 213 g/mol. The summed E-state index contributed by atoms with van der Waals surface area (Å²) in [5.41, 5.74) is -0.611. The van der Waals surface area contributed by atoms with Gasteiger partial charge in [0.2, 0.25) is 0 Å². The van der Waals surface area contributed by atoms with E-state index in [9.17, 15) is 15.0 Å². The lowest BCUT2D eigenvalue weighted by Gasteiger charge is -2.29. The molecule has 1 aromatic rings. The second-order valence-electron chi connectivity index (χ2n) is 4.53. The van der Waals surface area contributed by atoms with Gasteiger partial charge in [-0.05, 0) is 5.41 Å². The number of aliphatic carboxylic acids is 1. The van der Waals surface area contributed by atoms with E-state index in [1.54, 1.807) is 20.8 Å². The second-order valence-corrected chi connectivity index (χ2v) is 4.53. The van der Waals surface area contributed by atoms with Crippen molar-refractivity contribution in [1.29, 1.82) is 0 Å². The van der Waals surface area contributed by atoms with Crippen LogP contribution >= 0.6 is 0 Å². The van der Waals surface area contributed by atoms with Crippen LogP contribution < -0.4 is 0 Å². The highest BCUT2D eigenvalue weighted by Gasteiger charge is 2.35. The topological polar surface area (TPSA) is 82.7 Å². The van der Waals surface area contributed by atoms with Crippen LogP contribution in [-0.4, -0.2) is 25.9 Å². The van der Waals surface area contributed by atoms with Gasteiger partial charge in [0.25, 0.3) is 0 Å². The Labute approximate surface area is 87.6 Å². The first-order valence-electron chi connectivity index (χ1n) is 4.57. The van der Waals surface area contributed by atoms with Gasteiger partial charge in [0.15, 0.2) is 11.8 Å². The van der Waals surface area contributed by atoms with Crippen LogP contribution in [0.15, 0.2) is 12.1 Å². The lowest BCUT2D eigenvalue weighted by molar-refractivity contribution is -0.144. The Bertz CT molecular complexity index is 356. The molecule has 0 aliphatic carbocycles. The molecule has 5 heteroatoms. The maximum Gasteiger partial charge on any atom is 0.327 e. The Morgan fingerprint density at radius 1 is 1.27 bits per heavy atom. The lowest BCUT2D eigenvalue weighted by Crippen LogP contribution is -2.31. The standard InChI is InChI=1S/C10H15NO4/c1-10(2,3)8(9(14)15)11-6(12)4-5-7(11)13/h4-5,8,12-13H,1-3H3,(H,14,15). The van der Waals surface area contributed by atoms with E-state index >= 15 is 0 Å². The smallest absolute Gasteiger partial charge is 0.327 e. The summed E-state index contributed by atoms with van der Waals surface area (Å²) >= 11 is 0. The van der Waals surface area contributed by atoms with Crippen molar-refractivity contribution < 1.29 is 20.1 Å². The SMILES string of the molecule is CC(C)(C)C(C(=O)O)n1c(O)ccc1O. The number of aromatic hydroxyl groups is 2. The molecule has 0 radical (unpaired) electrons. The quantitative estimate of drug-likeness (QED) is 0.696. The van der Waals surface area contributed by atoms with E-state index in [2.05, 4.69) is 0 Å². The minimum Gasteiger partial charge on any atom is -0.494 e. The minimum atomic E-state index is -1.09. The number of carboxylic acid groups (broad SMARTS) is 1. The summed E-state index contributed by atoms with van der Waals surface area (Å²) < 4.78 is 1.00. The van der Waals surface area contributed by atoms with Gasteiger partial charge < -0.3 is 15.3 Å². The molecule has 15 heavy (non-hydrogen) atoms. The van der Waals surface area contributed by atoms with Crippen LogP contribution in [0.3, 0.4) is 0 Å². The Morgan fingerprint density at radius 3 is 1.93 bits per heavy atom. The van der Waals surface area contributed by atoms with E-state index in [1.807, 2.05) is 0 Å². The molecule has 3 N–H and O–H groups in total. The zero-order chi connectivity index (χ0) is 11.8. The highest BCUT2D eigenvalue weighted by molar-refractivity contribution is 5.73. The molecule has 0 saturated heterocycles. The number of carboxylic acids is 1. The maximum absolute atomic E-state index is 11.1. The number of aromatic nitrogens is 1. The van der Waals surface area contributed by atoms with Gasteiger partial charge in [0.05, 0.1) is 0 Å². The third-order valence-electron chi connectivity index (χ3n) is 2.19. The summed E-state index contributed by atoms with van der Waals surface area (Å²) in [7, 11) is 0. The van der Waals surface area contributed by atoms with Gasteiger partial charge >= 0.3 is 5.97 Å². The number of nitrogens with zero attached hydrogens (tertiary/aromatic N) is 1. The molecule has 1 rings (SSSR count). The van der Waals surface area contributed by atoms with Crippen molar-refractivity contribution in [3.05, 3.63) is 12.1 Å². The highest BCUT2D eigenvalue weighted by atomic mass is 16.4. The van der Waals surface area contributed by atoms with Crippen molar-refractivity contribution in [2.45, 2.75) is 26.8 Å². The fourth-order valence-corrected chi connectivity index (χ4v) is 1.56. The van der Waals surface area contributed by atoms with E-state index in [0.29, 0.717) is 0 Å². The second kappa shape index (κ2) is 3.49. The Morgan fingerprint density at radius 2 is 1.67 bits per heavy atom. The molecule has 1 heterocycles. The number of hydrogen-bond donors (Lipinski definition) is 3. The molecule has 1 aromatic heterocycles. The van der Waals surface area contributed by atoms with Crippen LogP contribution in [0.1, 0.15) is 26.8 Å². The normalized spacial score (nSPS) is 13.8. The first kappa shape index (κ1) is 11.4. The van der Waals surface area contributed by atoms with Crippen LogP contribution in [0.4, 0.5) is 0 Å². The molecule has 5 nitrogen and oxygen atoms in total. The number of rotatable bonds is 2. The number of hydrogen-bond acceptors (Lipinski definition) is 3. The summed E-state index contributed by atoms with van der Waals surface area (Å²) in [4.78, 5) is 11.1. The van der Waals surface area contributed by atoms with Crippen molar-refractivity contribution >= 4 is 5.97 Å². The third-order valence-corrected chi connectivity index (χ3v) is 2.19. The van der Waals surface area contributed by atoms with Crippen LogP contribution in [0, 0.1) is 5.41 Å². The monoisotopic (exact) mass is 213 g/mol. The summed E-state index contributed by atoms with van der Waals surface area (Å²) in [5.74, 6) is -1.60. The lowest BCUT2D eigenvalue weighted by atomic mass is 9.86. The molecule has 0 spiro atoms. The number of carbonyl (C=O) groups is 1. The van der Waals surface area contributed by atoms with Crippen molar-refractivity contribution in [1.82, 2.24) is 4.57 Å². The van der Waals surface area contributed by atoms with Crippen molar-refractivity contribution in [2.24, 2.45) is 5.41 Å². The van der Waals surface area contributed by atoms with Gasteiger partial charge in [-0.15, -0.1) is 0 Å². The zero-order valence-electron chi connectivity index (χ0n) is 8.93. The fraction of sp³-hybridized carbons (Fsp3) is 0.500. The maximum atomic E-state index is 11.1. The minimum absolute atomic E-state index is 0.255. The average Bonchev–Trinajstić information content (AvgIpc) is 2.32. The van der Waals surface area contributed by atoms with Gasteiger partial charge in [-0.3, -0.25) is 4.57 Å². The highest BCUT2D eigenvalue weighted by Crippen LogP contribution is 2.37. The molecule has 0 saturated carbocycles. The molecule has 0 aromatic carbocycles. The van der Waals surface area contributed by atoms with Gasteiger partial charge in [-0.1, -0.05) is 20.8 Å². The van der Waals surface area contributed by atoms with E-state index in [4.69, 9.17) is 5.11 Å². The largest absolute Gasteiger partial charge is 0.494 e. The molecule has 0 aliphatic heterocycles. The fourth-order valence-electron chi connectivity index (χ4n) is 1.56. The first-order chi connectivity index (χ1) is 6.75. The molecule has 1 unspecified atom stereocenters. The molecular formula is C10H15NO4. The predicted octanol–water partition coefficient (Wildman–Crippen LogP) is 1.57. The molecule has 0 fully saturated rings. The van der Waals surface area contributed by atoms with Crippen molar-refractivity contribution in [3.63, 3.8) is 0 Å². The Hall–Kier alpha value is -1.65. The molecule has 0 aliphatic rings. The molecule has 1 atom stereocenters. The summed E-state index contributed by atoms with van der Waals surface area (Å²) in [6.45, 7) is 5.18. The van der Waals surface area contributed by atoms with Gasteiger partial charge in [0.1, 0.15) is 6.04 Å². The van der Waals surface area contributed by atoms with E-state index in [0.717, 1.165) is 4.57 Å². The third kappa shape index (κ3) is 2.06. The molecular weight excluding hydrogens is 198 g/mol. The van der Waals surface area contributed by atoms with Crippen molar-refractivity contribution in [2.75, 3.05) is 0 Å². The predicted molar refractivity (Wildman–Crippen MR) is 53.9 cm³/mol. The summed E-state index contributed by atoms with van der Waals surface area (Å²) in [6, 6.07) is 1.51. The molecule has 0 amide bonds.